The summed E-state index contributed by atoms with van der Waals surface area (Å²) in [6.45, 7) is 2.31. The van der Waals surface area contributed by atoms with Gasteiger partial charge in [-0.25, -0.2) is 22.5 Å². The van der Waals surface area contributed by atoms with Gasteiger partial charge in [0.25, 0.3) is 0 Å². The molecule has 0 spiro atoms. The number of fused-ring (bicyclic) bond motifs is 2. The van der Waals surface area contributed by atoms with Crippen LogP contribution < -0.4 is 4.74 Å². The standard InChI is InChI=1S/C31H25F4N3O4/c1-31(10-12-42-29-15(6-8-22(39)40)3-2-4-19(29)31)21-14-37-30(38-21)18-13-16(5-7-20(18)32)28(41)23-24(33)17-9-11-36-27(17)26(35)25(23)34/h2-5,7,9,11,13-14,28,36,41H,6,8,10,12H2,1H3,(H,37,38)(H,39,40). The number of aliphatic hydroxyl groups is 1. The monoisotopic (exact) mass is 579 g/mol. The van der Waals surface area contributed by atoms with E-state index in [2.05, 4.69) is 15.0 Å². The summed E-state index contributed by atoms with van der Waals surface area (Å²) in [5, 5.41) is 19.8. The van der Waals surface area contributed by atoms with Crippen LogP contribution in [0.3, 0.4) is 0 Å². The number of rotatable bonds is 7. The number of ether oxygens (including phenoxy) is 1. The number of H-pyrrole nitrogens is 2. The quantitative estimate of drug-likeness (QED) is 0.134. The molecule has 7 nitrogen and oxygen atoms in total. The van der Waals surface area contributed by atoms with Crippen molar-refractivity contribution in [2.24, 2.45) is 0 Å². The molecule has 4 N–H and O–H groups in total. The Morgan fingerprint density at radius 2 is 1.90 bits per heavy atom. The first-order valence-corrected chi connectivity index (χ1v) is 13.2. The van der Waals surface area contributed by atoms with Gasteiger partial charge < -0.3 is 24.9 Å². The molecule has 6 rings (SSSR count). The fourth-order valence-electron chi connectivity index (χ4n) is 5.63. The number of carbonyl (C=O) groups is 1. The van der Waals surface area contributed by atoms with Gasteiger partial charge in [0.15, 0.2) is 11.6 Å². The van der Waals surface area contributed by atoms with E-state index in [4.69, 9.17) is 9.84 Å². The zero-order valence-corrected chi connectivity index (χ0v) is 22.3. The highest BCUT2D eigenvalue weighted by molar-refractivity contribution is 5.82. The molecule has 0 bridgehead atoms. The van der Waals surface area contributed by atoms with Crippen LogP contribution in [0.4, 0.5) is 17.6 Å². The Balaban J connectivity index is 1.37. The molecule has 1 aliphatic rings. The van der Waals surface area contributed by atoms with Crippen molar-refractivity contribution in [3.63, 3.8) is 0 Å². The minimum absolute atomic E-state index is 0.0516. The predicted molar refractivity (Wildman–Crippen MR) is 145 cm³/mol. The van der Waals surface area contributed by atoms with Crippen molar-refractivity contribution in [1.82, 2.24) is 15.0 Å². The Morgan fingerprint density at radius 3 is 2.69 bits per heavy atom. The van der Waals surface area contributed by atoms with Crippen molar-refractivity contribution in [1.29, 1.82) is 0 Å². The minimum Gasteiger partial charge on any atom is -0.493 e. The van der Waals surface area contributed by atoms with E-state index >= 15 is 8.78 Å². The fourth-order valence-corrected chi connectivity index (χ4v) is 5.63. The number of benzene rings is 3. The van der Waals surface area contributed by atoms with Gasteiger partial charge in [-0.3, -0.25) is 4.79 Å². The van der Waals surface area contributed by atoms with Gasteiger partial charge in [0.1, 0.15) is 29.3 Å². The van der Waals surface area contributed by atoms with Gasteiger partial charge >= 0.3 is 5.97 Å². The van der Waals surface area contributed by atoms with E-state index in [9.17, 15) is 18.7 Å². The van der Waals surface area contributed by atoms with E-state index in [1.165, 1.54) is 24.4 Å². The maximum atomic E-state index is 15.2. The Morgan fingerprint density at radius 1 is 1.10 bits per heavy atom. The summed E-state index contributed by atoms with van der Waals surface area (Å²) in [5.74, 6) is -4.91. The topological polar surface area (TPSA) is 111 Å². The van der Waals surface area contributed by atoms with Crippen LogP contribution in [0.25, 0.3) is 22.3 Å². The number of aryl methyl sites for hydroxylation is 1. The highest BCUT2D eigenvalue weighted by Crippen LogP contribution is 2.45. The molecule has 216 valence electrons. The molecule has 0 saturated heterocycles. The van der Waals surface area contributed by atoms with E-state index in [0.717, 1.165) is 17.2 Å². The van der Waals surface area contributed by atoms with E-state index in [1.807, 2.05) is 25.1 Å². The Labute approximate surface area is 236 Å². The molecule has 1 aliphatic heterocycles. The zero-order chi connectivity index (χ0) is 29.8. The number of nitrogens with one attached hydrogen (secondary N) is 2. The second-order valence-electron chi connectivity index (χ2n) is 10.5. The number of hydrogen-bond acceptors (Lipinski definition) is 4. The molecule has 2 unspecified atom stereocenters. The number of imidazole rings is 1. The average molecular weight is 580 g/mol. The summed E-state index contributed by atoms with van der Waals surface area (Å²) in [5.41, 5.74) is 0.106. The number of carboxylic acid groups (broad SMARTS) is 1. The lowest BCUT2D eigenvalue weighted by molar-refractivity contribution is -0.136. The zero-order valence-electron chi connectivity index (χ0n) is 22.3. The molecule has 0 aliphatic carbocycles. The number of aromatic nitrogens is 3. The van der Waals surface area contributed by atoms with Crippen LogP contribution in [-0.2, 0) is 16.6 Å². The van der Waals surface area contributed by atoms with Gasteiger partial charge in [-0.2, -0.15) is 0 Å². The summed E-state index contributed by atoms with van der Waals surface area (Å²) in [7, 11) is 0. The van der Waals surface area contributed by atoms with Gasteiger partial charge in [0.2, 0.25) is 0 Å². The lowest BCUT2D eigenvalue weighted by atomic mass is 9.74. The molecule has 11 heteroatoms. The SMILES string of the molecule is CC1(c2c[nH]c(-c3cc(C(O)c4c(F)c(F)c5[nH]ccc5c4F)ccc3F)n2)CCOc2c(CCC(=O)O)cccc21. The second kappa shape index (κ2) is 10.3. The number of aromatic amines is 2. The van der Waals surface area contributed by atoms with Gasteiger partial charge in [-0.15, -0.1) is 0 Å². The highest BCUT2D eigenvalue weighted by atomic mass is 19.2. The molecule has 42 heavy (non-hydrogen) atoms. The first-order chi connectivity index (χ1) is 20.1. The third-order valence-electron chi connectivity index (χ3n) is 7.99. The first kappa shape index (κ1) is 27.5. The van der Waals surface area contributed by atoms with E-state index in [-0.39, 0.29) is 34.3 Å². The van der Waals surface area contributed by atoms with Crippen molar-refractivity contribution in [3.05, 3.63) is 106 Å². The molecule has 2 aromatic heterocycles. The minimum atomic E-state index is -1.93. The van der Waals surface area contributed by atoms with Crippen molar-refractivity contribution >= 4 is 16.9 Å². The van der Waals surface area contributed by atoms with E-state index < -0.39 is 46.3 Å². The molecule has 3 heterocycles. The smallest absolute Gasteiger partial charge is 0.303 e. The third kappa shape index (κ3) is 4.40. The summed E-state index contributed by atoms with van der Waals surface area (Å²) in [6.07, 6.45) is 1.74. The molecular weight excluding hydrogens is 554 g/mol. The number of carboxylic acids is 1. The number of para-hydroxylation sites is 1. The lowest BCUT2D eigenvalue weighted by Gasteiger charge is -2.35. The molecule has 0 saturated carbocycles. The summed E-state index contributed by atoms with van der Waals surface area (Å²) in [4.78, 5) is 21.2. The summed E-state index contributed by atoms with van der Waals surface area (Å²) in [6, 6.07) is 10.2. The van der Waals surface area contributed by atoms with Crippen molar-refractivity contribution in [2.75, 3.05) is 6.61 Å². The molecular formula is C31H25F4N3O4. The average Bonchev–Trinajstić information content (AvgIpc) is 3.67. The maximum Gasteiger partial charge on any atom is 0.303 e. The van der Waals surface area contributed by atoms with Crippen LogP contribution in [0.5, 0.6) is 5.75 Å². The predicted octanol–water partition coefficient (Wildman–Crippen LogP) is 6.30. The van der Waals surface area contributed by atoms with Crippen molar-refractivity contribution in [2.45, 2.75) is 37.7 Å². The normalized spacial score (nSPS) is 17.2. The van der Waals surface area contributed by atoms with Crippen LogP contribution in [-0.4, -0.2) is 37.7 Å². The number of hydrogen-bond donors (Lipinski definition) is 4. The van der Waals surface area contributed by atoms with Crippen LogP contribution in [0.1, 0.15) is 53.8 Å². The summed E-state index contributed by atoms with van der Waals surface area (Å²) < 4.78 is 65.6. The van der Waals surface area contributed by atoms with Crippen LogP contribution in [0, 0.1) is 23.3 Å². The van der Waals surface area contributed by atoms with Gasteiger partial charge in [-0.05, 0) is 49.1 Å². The molecule has 5 aromatic rings. The summed E-state index contributed by atoms with van der Waals surface area (Å²) >= 11 is 0. The Bertz CT molecular complexity index is 1850. The van der Waals surface area contributed by atoms with Crippen LogP contribution in [0.2, 0.25) is 0 Å². The van der Waals surface area contributed by atoms with E-state index in [0.29, 0.717) is 30.9 Å². The Kier molecular flexibility index (Phi) is 6.77. The highest BCUT2D eigenvalue weighted by Gasteiger charge is 2.38. The van der Waals surface area contributed by atoms with Gasteiger partial charge in [-0.1, -0.05) is 24.3 Å². The van der Waals surface area contributed by atoms with Gasteiger partial charge in [0.05, 0.1) is 28.9 Å². The number of aliphatic hydroxyl groups excluding tert-OH is 1. The largest absolute Gasteiger partial charge is 0.493 e. The molecule has 0 amide bonds. The molecule has 2 atom stereocenters. The van der Waals surface area contributed by atoms with Crippen LogP contribution in [0.15, 0.2) is 54.9 Å². The number of halogens is 4. The fraction of sp³-hybridized carbons (Fsp3) is 0.226. The van der Waals surface area contributed by atoms with Crippen molar-refractivity contribution in [3.8, 4) is 17.1 Å². The molecule has 0 radical (unpaired) electrons. The Hall–Kier alpha value is -4.64. The maximum absolute atomic E-state index is 15.2. The van der Waals surface area contributed by atoms with Gasteiger partial charge in [0, 0.05) is 35.2 Å². The third-order valence-corrected chi connectivity index (χ3v) is 7.99. The number of nitrogens with zero attached hydrogens (tertiary/aromatic N) is 1. The number of aliphatic carboxylic acids is 1. The van der Waals surface area contributed by atoms with Crippen LogP contribution >= 0.6 is 0 Å². The molecule has 3 aromatic carbocycles. The van der Waals surface area contributed by atoms with Crippen molar-refractivity contribution < 1.29 is 37.3 Å². The molecule has 0 fully saturated rings. The first-order valence-electron chi connectivity index (χ1n) is 13.2. The van der Waals surface area contributed by atoms with E-state index in [1.54, 1.807) is 6.20 Å². The lowest BCUT2D eigenvalue weighted by Crippen LogP contribution is -2.32. The second-order valence-corrected chi connectivity index (χ2v) is 10.5.